The monoisotopic (exact) mass is 430 g/mol. The molecule has 0 aliphatic heterocycles. The number of hydrogen-bond acceptors (Lipinski definition) is 3. The van der Waals surface area contributed by atoms with Gasteiger partial charge in [-0.05, 0) is 112 Å². The maximum Gasteiger partial charge on any atom is 0.0656 e. The maximum atomic E-state index is 11.6. The first kappa shape index (κ1) is 23.5. The minimum atomic E-state index is -0.678. The lowest BCUT2D eigenvalue weighted by Crippen LogP contribution is -2.53. The van der Waals surface area contributed by atoms with Gasteiger partial charge in [0.05, 0.1) is 11.7 Å². The highest BCUT2D eigenvalue weighted by Gasteiger charge is 2.61. The van der Waals surface area contributed by atoms with Gasteiger partial charge in [-0.3, -0.25) is 0 Å². The summed E-state index contributed by atoms with van der Waals surface area (Å²) in [6.07, 6.45) is 12.9. The highest BCUT2D eigenvalue weighted by molar-refractivity contribution is 5.25. The Bertz CT molecular complexity index is 724. The van der Waals surface area contributed by atoms with Crippen molar-refractivity contribution in [2.45, 2.75) is 104 Å². The summed E-state index contributed by atoms with van der Waals surface area (Å²) in [4.78, 5) is 0. The molecule has 0 bridgehead atoms. The van der Waals surface area contributed by atoms with Crippen LogP contribution < -0.4 is 0 Å². The SMILES string of the molecule is C=C(CCC(C)(O)[C@H]1CC[C@H]2[C@@H]3CC=C4C[C@@H](O)CC[C@]4(C)[C@H]3CC[C@]12C)C(C)CO. The van der Waals surface area contributed by atoms with E-state index in [0.29, 0.717) is 11.8 Å². The second-order valence-electron chi connectivity index (χ2n) is 12.4. The smallest absolute Gasteiger partial charge is 0.0656 e. The summed E-state index contributed by atoms with van der Waals surface area (Å²) in [5, 5.41) is 31.3. The van der Waals surface area contributed by atoms with Crippen molar-refractivity contribution in [3.05, 3.63) is 23.8 Å². The van der Waals surface area contributed by atoms with Gasteiger partial charge in [-0.2, -0.15) is 0 Å². The summed E-state index contributed by atoms with van der Waals surface area (Å²) in [7, 11) is 0. The number of aliphatic hydroxyl groups is 3. The molecule has 4 aliphatic carbocycles. The van der Waals surface area contributed by atoms with Crippen molar-refractivity contribution in [2.75, 3.05) is 6.61 Å². The Morgan fingerprint density at radius 2 is 1.94 bits per heavy atom. The molecular weight excluding hydrogens is 384 g/mol. The fraction of sp³-hybridized carbons (Fsp3) is 0.857. The third kappa shape index (κ3) is 3.87. The van der Waals surface area contributed by atoms with Gasteiger partial charge in [0.25, 0.3) is 0 Å². The van der Waals surface area contributed by atoms with Gasteiger partial charge in [-0.1, -0.05) is 44.6 Å². The quantitative estimate of drug-likeness (QED) is 0.478. The van der Waals surface area contributed by atoms with Gasteiger partial charge in [0.15, 0.2) is 0 Å². The Balaban J connectivity index is 1.51. The van der Waals surface area contributed by atoms with Crippen LogP contribution in [0.4, 0.5) is 0 Å². The van der Waals surface area contributed by atoms with Crippen LogP contribution in [0.1, 0.15) is 91.9 Å². The standard InChI is InChI=1S/C28H46O3/c1-18(19(2)17-29)10-15-28(5,31)25-9-8-23-22-7-6-20-16-21(30)11-13-26(20,3)24(22)12-14-27(23,25)4/h6,19,21-25,29-31H,1,7-17H2,2-5H3/t19?,21-,22-,23-,24-,25-,26-,27-,28?/m0/s1. The molecule has 0 saturated heterocycles. The van der Waals surface area contributed by atoms with Crippen LogP contribution in [-0.2, 0) is 0 Å². The lowest BCUT2D eigenvalue weighted by Gasteiger charge is -2.59. The van der Waals surface area contributed by atoms with Gasteiger partial charge in [0.2, 0.25) is 0 Å². The molecule has 3 fully saturated rings. The van der Waals surface area contributed by atoms with E-state index in [9.17, 15) is 15.3 Å². The fourth-order valence-electron chi connectivity index (χ4n) is 8.63. The highest BCUT2D eigenvalue weighted by Crippen LogP contribution is 2.67. The molecule has 2 unspecified atom stereocenters. The van der Waals surface area contributed by atoms with Crippen LogP contribution in [0.5, 0.6) is 0 Å². The first-order chi connectivity index (χ1) is 14.5. The van der Waals surface area contributed by atoms with E-state index in [2.05, 4.69) is 33.4 Å². The molecule has 0 radical (unpaired) electrons. The molecule has 0 heterocycles. The average molecular weight is 431 g/mol. The molecule has 9 atom stereocenters. The molecule has 0 spiro atoms. The lowest BCUT2D eigenvalue weighted by atomic mass is 9.46. The van der Waals surface area contributed by atoms with Crippen LogP contribution in [0.15, 0.2) is 23.8 Å². The largest absolute Gasteiger partial charge is 0.396 e. The zero-order valence-corrected chi connectivity index (χ0v) is 20.4. The first-order valence-electron chi connectivity index (χ1n) is 12.9. The Labute approximate surface area is 190 Å². The molecule has 3 nitrogen and oxygen atoms in total. The molecule has 4 aliphatic rings. The van der Waals surface area contributed by atoms with Crippen LogP contribution in [0.25, 0.3) is 0 Å². The molecular formula is C28H46O3. The normalized spacial score (nSPS) is 45.0. The Morgan fingerprint density at radius 3 is 2.65 bits per heavy atom. The Hall–Kier alpha value is -0.640. The molecule has 3 N–H and O–H groups in total. The second-order valence-corrected chi connectivity index (χ2v) is 12.4. The van der Waals surface area contributed by atoms with Crippen LogP contribution in [-0.4, -0.2) is 33.6 Å². The number of allylic oxidation sites excluding steroid dienone is 1. The van der Waals surface area contributed by atoms with E-state index in [0.717, 1.165) is 55.9 Å². The second kappa shape index (κ2) is 8.29. The van der Waals surface area contributed by atoms with E-state index in [1.165, 1.54) is 31.3 Å². The third-order valence-electron chi connectivity index (χ3n) is 10.8. The van der Waals surface area contributed by atoms with Gasteiger partial charge < -0.3 is 15.3 Å². The minimum Gasteiger partial charge on any atom is -0.396 e. The Morgan fingerprint density at radius 1 is 1.19 bits per heavy atom. The lowest BCUT2D eigenvalue weighted by molar-refractivity contribution is -0.104. The maximum absolute atomic E-state index is 11.6. The van der Waals surface area contributed by atoms with Crippen molar-refractivity contribution in [3.63, 3.8) is 0 Å². The molecule has 0 amide bonds. The Kier molecular flexibility index (Phi) is 6.29. The van der Waals surface area contributed by atoms with Gasteiger partial charge in [0.1, 0.15) is 0 Å². The van der Waals surface area contributed by atoms with E-state index < -0.39 is 5.60 Å². The zero-order chi connectivity index (χ0) is 22.6. The molecule has 4 rings (SSSR count). The number of rotatable bonds is 6. The molecule has 31 heavy (non-hydrogen) atoms. The zero-order valence-electron chi connectivity index (χ0n) is 20.4. The van der Waals surface area contributed by atoms with Crippen molar-refractivity contribution in [3.8, 4) is 0 Å². The summed E-state index contributed by atoms with van der Waals surface area (Å²) >= 11 is 0. The summed E-state index contributed by atoms with van der Waals surface area (Å²) in [5.74, 6) is 2.62. The van der Waals surface area contributed by atoms with Crippen molar-refractivity contribution >= 4 is 0 Å². The summed E-state index contributed by atoms with van der Waals surface area (Å²) < 4.78 is 0. The summed E-state index contributed by atoms with van der Waals surface area (Å²) in [6, 6.07) is 0. The van der Waals surface area contributed by atoms with E-state index in [1.807, 2.05) is 6.92 Å². The average Bonchev–Trinajstić information content (AvgIpc) is 3.10. The molecule has 176 valence electrons. The molecule has 0 aromatic heterocycles. The van der Waals surface area contributed by atoms with Crippen molar-refractivity contribution < 1.29 is 15.3 Å². The van der Waals surface area contributed by atoms with E-state index >= 15 is 0 Å². The van der Waals surface area contributed by atoms with Crippen LogP contribution in [0.2, 0.25) is 0 Å². The predicted molar refractivity (Wildman–Crippen MR) is 126 cm³/mol. The number of hydrogen-bond donors (Lipinski definition) is 3. The summed E-state index contributed by atoms with van der Waals surface area (Å²) in [5.41, 5.74) is 2.41. The van der Waals surface area contributed by atoms with E-state index in [-0.39, 0.29) is 29.5 Å². The minimum absolute atomic E-state index is 0.108. The van der Waals surface area contributed by atoms with E-state index in [1.54, 1.807) is 0 Å². The van der Waals surface area contributed by atoms with E-state index in [4.69, 9.17) is 0 Å². The molecule has 0 aromatic carbocycles. The highest BCUT2D eigenvalue weighted by atomic mass is 16.3. The van der Waals surface area contributed by atoms with Crippen LogP contribution in [0, 0.1) is 40.4 Å². The van der Waals surface area contributed by atoms with Crippen molar-refractivity contribution in [2.24, 2.45) is 40.4 Å². The van der Waals surface area contributed by atoms with Gasteiger partial charge in [-0.25, -0.2) is 0 Å². The van der Waals surface area contributed by atoms with Crippen molar-refractivity contribution in [1.82, 2.24) is 0 Å². The first-order valence-corrected chi connectivity index (χ1v) is 12.9. The fourth-order valence-corrected chi connectivity index (χ4v) is 8.63. The molecule has 3 heteroatoms. The van der Waals surface area contributed by atoms with Gasteiger partial charge in [0, 0.05) is 6.61 Å². The number of aliphatic hydroxyl groups excluding tert-OH is 2. The van der Waals surface area contributed by atoms with Crippen molar-refractivity contribution in [1.29, 1.82) is 0 Å². The summed E-state index contributed by atoms with van der Waals surface area (Å²) in [6.45, 7) is 13.4. The van der Waals surface area contributed by atoms with Gasteiger partial charge in [-0.15, -0.1) is 0 Å². The number of fused-ring (bicyclic) bond motifs is 5. The van der Waals surface area contributed by atoms with Crippen LogP contribution >= 0.6 is 0 Å². The topological polar surface area (TPSA) is 60.7 Å². The van der Waals surface area contributed by atoms with Crippen LogP contribution in [0.3, 0.4) is 0 Å². The molecule has 3 saturated carbocycles. The third-order valence-corrected chi connectivity index (χ3v) is 10.8. The predicted octanol–water partition coefficient (Wildman–Crippen LogP) is 5.64. The van der Waals surface area contributed by atoms with Gasteiger partial charge >= 0.3 is 0 Å². The molecule has 0 aromatic rings.